The summed E-state index contributed by atoms with van der Waals surface area (Å²) in [5.74, 6) is -0.264. The number of nitrogens with zero attached hydrogens (tertiary/aromatic N) is 3. The van der Waals surface area contributed by atoms with E-state index in [1.54, 1.807) is 11.0 Å². The molecule has 4 heterocycles. The number of carbonyl (C=O) groups excluding carboxylic acids is 1. The van der Waals surface area contributed by atoms with Crippen molar-refractivity contribution in [3.8, 4) is 10.6 Å². The van der Waals surface area contributed by atoms with Crippen LogP contribution in [0.5, 0.6) is 0 Å². The van der Waals surface area contributed by atoms with Crippen LogP contribution in [0.15, 0.2) is 55.9 Å². The van der Waals surface area contributed by atoms with Crippen LogP contribution in [0.25, 0.3) is 21.5 Å². The van der Waals surface area contributed by atoms with Crippen molar-refractivity contribution in [1.29, 1.82) is 0 Å². The number of likely N-dealkylation sites (tertiary alicyclic amines) is 1. The summed E-state index contributed by atoms with van der Waals surface area (Å²) in [5.41, 5.74) is -0.544. The van der Waals surface area contributed by atoms with Crippen molar-refractivity contribution in [3.05, 3.63) is 74.1 Å². The van der Waals surface area contributed by atoms with Gasteiger partial charge in [0.05, 0.1) is 15.8 Å². The third-order valence-electron chi connectivity index (χ3n) is 5.50. The van der Waals surface area contributed by atoms with Crippen LogP contribution in [0.1, 0.15) is 29.4 Å². The maximum absolute atomic E-state index is 13.6. The maximum atomic E-state index is 13.6. The van der Waals surface area contributed by atoms with E-state index in [1.165, 1.54) is 23.5 Å². The Balaban J connectivity index is 1.34. The Labute approximate surface area is 178 Å². The van der Waals surface area contributed by atoms with E-state index in [9.17, 15) is 18.8 Å². The van der Waals surface area contributed by atoms with E-state index < -0.39 is 17.1 Å². The Hall–Kier alpha value is -3.53. The molecule has 0 aliphatic carbocycles. The van der Waals surface area contributed by atoms with E-state index in [0.29, 0.717) is 37.2 Å². The molecule has 1 amide bonds. The second-order valence-corrected chi connectivity index (χ2v) is 8.32. The first-order valence-corrected chi connectivity index (χ1v) is 10.6. The molecule has 1 saturated heterocycles. The van der Waals surface area contributed by atoms with Gasteiger partial charge in [0.15, 0.2) is 11.5 Å². The summed E-state index contributed by atoms with van der Waals surface area (Å²) in [4.78, 5) is 43.3. The first-order valence-electron chi connectivity index (χ1n) is 9.75. The van der Waals surface area contributed by atoms with Crippen LogP contribution in [-0.2, 0) is 0 Å². The average molecular weight is 440 g/mol. The first kappa shape index (κ1) is 19.4. The zero-order valence-electron chi connectivity index (χ0n) is 16.2. The van der Waals surface area contributed by atoms with Crippen molar-refractivity contribution in [2.24, 2.45) is 0 Å². The molecule has 1 fully saturated rings. The van der Waals surface area contributed by atoms with Crippen LogP contribution in [0.2, 0.25) is 0 Å². The molecule has 0 spiro atoms. The lowest BCUT2D eigenvalue weighted by Crippen LogP contribution is -2.45. The molecule has 31 heavy (non-hydrogen) atoms. The third kappa shape index (κ3) is 3.48. The number of aromatic nitrogens is 3. The van der Waals surface area contributed by atoms with Gasteiger partial charge in [0.2, 0.25) is 0 Å². The van der Waals surface area contributed by atoms with Gasteiger partial charge in [0.25, 0.3) is 11.5 Å². The molecule has 0 bridgehead atoms. The minimum atomic E-state index is -0.543. The molecule has 5 rings (SSSR count). The summed E-state index contributed by atoms with van der Waals surface area (Å²) in [5, 5.41) is 5.93. The maximum Gasteiger partial charge on any atom is 0.329 e. The van der Waals surface area contributed by atoms with Crippen molar-refractivity contribution in [2.75, 3.05) is 13.1 Å². The predicted molar refractivity (Wildman–Crippen MR) is 113 cm³/mol. The van der Waals surface area contributed by atoms with Gasteiger partial charge < -0.3 is 14.4 Å². The molecule has 0 atom stereocenters. The van der Waals surface area contributed by atoms with Crippen LogP contribution in [0, 0.1) is 5.82 Å². The number of benzene rings is 1. The van der Waals surface area contributed by atoms with Gasteiger partial charge in [-0.25, -0.2) is 9.18 Å². The highest BCUT2D eigenvalue weighted by Gasteiger charge is 2.28. The van der Waals surface area contributed by atoms with E-state index in [0.717, 1.165) is 15.5 Å². The van der Waals surface area contributed by atoms with E-state index in [-0.39, 0.29) is 23.0 Å². The van der Waals surface area contributed by atoms with Gasteiger partial charge in [0, 0.05) is 25.2 Å². The normalized spacial score (nSPS) is 14.9. The molecule has 0 unspecified atom stereocenters. The van der Waals surface area contributed by atoms with E-state index in [1.807, 2.05) is 17.5 Å². The van der Waals surface area contributed by atoms with Crippen molar-refractivity contribution in [3.63, 3.8) is 0 Å². The molecule has 0 radical (unpaired) electrons. The fourth-order valence-electron chi connectivity index (χ4n) is 3.93. The number of hydrogen-bond donors (Lipinski definition) is 1. The van der Waals surface area contributed by atoms with Crippen LogP contribution >= 0.6 is 11.3 Å². The highest BCUT2D eigenvalue weighted by Crippen LogP contribution is 2.27. The van der Waals surface area contributed by atoms with Crippen LogP contribution in [0.3, 0.4) is 0 Å². The third-order valence-corrected chi connectivity index (χ3v) is 6.39. The number of rotatable bonds is 3. The largest absolute Gasteiger partial charge is 0.355 e. The Kier molecular flexibility index (Phi) is 4.78. The Morgan fingerprint density at radius 2 is 2.00 bits per heavy atom. The fourth-order valence-corrected chi connectivity index (χ4v) is 4.60. The van der Waals surface area contributed by atoms with Crippen molar-refractivity contribution >= 4 is 28.1 Å². The number of thiophene rings is 1. The second-order valence-electron chi connectivity index (χ2n) is 7.37. The quantitative estimate of drug-likeness (QED) is 0.528. The smallest absolute Gasteiger partial charge is 0.329 e. The molecule has 3 aromatic heterocycles. The molecule has 0 saturated carbocycles. The summed E-state index contributed by atoms with van der Waals surface area (Å²) in [6.07, 6.45) is 0.844. The van der Waals surface area contributed by atoms with Crippen LogP contribution in [0.4, 0.5) is 4.39 Å². The molecule has 10 heteroatoms. The minimum absolute atomic E-state index is 0.127. The van der Waals surface area contributed by atoms with Crippen LogP contribution in [-0.4, -0.2) is 38.6 Å². The molecule has 1 aliphatic heterocycles. The van der Waals surface area contributed by atoms with Gasteiger partial charge in [0.1, 0.15) is 5.82 Å². The molecular formula is C21H17FN4O4S. The number of carbonyl (C=O) groups is 1. The monoisotopic (exact) mass is 440 g/mol. The van der Waals surface area contributed by atoms with Gasteiger partial charge in [-0.05, 0) is 42.5 Å². The Morgan fingerprint density at radius 3 is 2.74 bits per heavy atom. The number of H-pyrrole nitrogens is 1. The van der Waals surface area contributed by atoms with Crippen molar-refractivity contribution in [2.45, 2.75) is 18.9 Å². The number of piperidine rings is 1. The molecule has 158 valence electrons. The van der Waals surface area contributed by atoms with E-state index >= 15 is 0 Å². The van der Waals surface area contributed by atoms with E-state index in [2.05, 4.69) is 10.1 Å². The standard InChI is InChI=1S/C21H17FN4O4S/c22-12-3-4-15-14(10-12)19(27)26(21(29)23-15)13-5-7-25(8-6-13)20(28)16-11-17(30-24-16)18-2-1-9-31-18/h1-4,9-11,13H,5-8H2,(H,23,29). The van der Waals surface area contributed by atoms with Gasteiger partial charge in [-0.1, -0.05) is 11.2 Å². The minimum Gasteiger partial charge on any atom is -0.355 e. The zero-order chi connectivity index (χ0) is 21.5. The zero-order valence-corrected chi connectivity index (χ0v) is 17.0. The van der Waals surface area contributed by atoms with E-state index in [4.69, 9.17) is 4.52 Å². The summed E-state index contributed by atoms with van der Waals surface area (Å²) < 4.78 is 20.0. The molecule has 1 aromatic carbocycles. The number of hydrogen-bond acceptors (Lipinski definition) is 6. The summed E-state index contributed by atoms with van der Waals surface area (Å²) in [6, 6.07) is 8.70. The SMILES string of the molecule is O=C(c1cc(-c2cccs2)on1)N1CCC(n2c(=O)[nH]c3ccc(F)cc3c2=O)CC1. The number of aromatic amines is 1. The molecule has 8 nitrogen and oxygen atoms in total. The van der Waals surface area contributed by atoms with Gasteiger partial charge in [-0.3, -0.25) is 14.2 Å². The molecule has 4 aromatic rings. The summed E-state index contributed by atoms with van der Waals surface area (Å²) in [7, 11) is 0. The number of fused-ring (bicyclic) bond motifs is 1. The number of halogens is 1. The molecular weight excluding hydrogens is 423 g/mol. The lowest BCUT2D eigenvalue weighted by Gasteiger charge is -2.32. The fraction of sp³-hybridized carbons (Fsp3) is 0.238. The Bertz CT molecular complexity index is 1380. The average Bonchev–Trinajstić information content (AvgIpc) is 3.46. The molecule has 1 N–H and O–H groups in total. The Morgan fingerprint density at radius 1 is 1.19 bits per heavy atom. The second kappa shape index (κ2) is 7.62. The summed E-state index contributed by atoms with van der Waals surface area (Å²) in [6.45, 7) is 0.718. The molecule has 1 aliphatic rings. The van der Waals surface area contributed by atoms with Gasteiger partial charge in [-0.2, -0.15) is 0 Å². The first-order chi connectivity index (χ1) is 15.0. The lowest BCUT2D eigenvalue weighted by molar-refractivity contribution is 0.0681. The lowest BCUT2D eigenvalue weighted by atomic mass is 10.0. The highest BCUT2D eigenvalue weighted by atomic mass is 32.1. The van der Waals surface area contributed by atoms with Crippen LogP contribution < -0.4 is 11.2 Å². The summed E-state index contributed by atoms with van der Waals surface area (Å²) >= 11 is 1.49. The van der Waals surface area contributed by atoms with Crippen molar-refractivity contribution in [1.82, 2.24) is 19.6 Å². The predicted octanol–water partition coefficient (Wildman–Crippen LogP) is 3.02. The number of nitrogens with one attached hydrogen (secondary N) is 1. The number of amides is 1. The van der Waals surface area contributed by atoms with Gasteiger partial charge in [-0.15, -0.1) is 11.3 Å². The van der Waals surface area contributed by atoms with Crippen molar-refractivity contribution < 1.29 is 13.7 Å². The van der Waals surface area contributed by atoms with Gasteiger partial charge >= 0.3 is 5.69 Å². The topological polar surface area (TPSA) is 101 Å². The highest BCUT2D eigenvalue weighted by molar-refractivity contribution is 7.13.